The normalized spacial score (nSPS) is 23.5. The number of carbonyl (C=O) groups excluding carboxylic acids is 1. The van der Waals surface area contributed by atoms with Crippen molar-refractivity contribution in [3.63, 3.8) is 0 Å². The second-order valence-electron chi connectivity index (χ2n) is 12.1. The third-order valence-corrected chi connectivity index (χ3v) is 9.72. The van der Waals surface area contributed by atoms with Gasteiger partial charge in [0.25, 0.3) is 0 Å². The summed E-state index contributed by atoms with van der Waals surface area (Å²) in [6.45, 7) is 14.1. The highest BCUT2D eigenvalue weighted by molar-refractivity contribution is 6.33. The quantitative estimate of drug-likeness (QED) is 0.473. The molecule has 2 saturated heterocycles. The first-order valence-corrected chi connectivity index (χ1v) is 14.6. The third-order valence-electron chi connectivity index (χ3n) is 9.22. The summed E-state index contributed by atoms with van der Waals surface area (Å²) in [6.07, 6.45) is 5.00. The van der Waals surface area contributed by atoms with Crippen LogP contribution in [0.2, 0.25) is 5.02 Å². The average Bonchev–Trinajstić information content (AvgIpc) is 3.35. The highest BCUT2D eigenvalue weighted by Gasteiger charge is 2.38. The van der Waals surface area contributed by atoms with Crippen LogP contribution in [0.25, 0.3) is 10.9 Å². The number of halogens is 1. The third kappa shape index (κ3) is 4.53. The van der Waals surface area contributed by atoms with E-state index in [-0.39, 0.29) is 17.9 Å². The SMILES string of the molecule is C=CC(=O)N1CCN(c2nc(N3CC(N(C)C)C3)nc3c2C[C@@H](C)[C@H](c2c(Cl)c(C)cc4[nH]ncc24)C3)C[C@H]1C. The number of benzene rings is 1. The van der Waals surface area contributed by atoms with Crippen LogP contribution in [0.5, 0.6) is 0 Å². The van der Waals surface area contributed by atoms with Gasteiger partial charge in [-0.2, -0.15) is 10.1 Å². The Kier molecular flexibility index (Phi) is 6.99. The fourth-order valence-corrected chi connectivity index (χ4v) is 6.98. The molecule has 1 amide bonds. The molecule has 4 heterocycles. The number of aromatic nitrogens is 4. The van der Waals surface area contributed by atoms with E-state index in [4.69, 9.17) is 21.6 Å². The number of hydrogen-bond donors (Lipinski definition) is 1. The summed E-state index contributed by atoms with van der Waals surface area (Å²) in [5.41, 5.74) is 5.61. The van der Waals surface area contributed by atoms with Crippen molar-refractivity contribution < 1.29 is 4.79 Å². The molecule has 1 aromatic carbocycles. The predicted molar refractivity (Wildman–Crippen MR) is 160 cm³/mol. The van der Waals surface area contributed by atoms with E-state index < -0.39 is 0 Å². The van der Waals surface area contributed by atoms with Crippen molar-refractivity contribution in [2.24, 2.45) is 5.92 Å². The number of H-pyrrole nitrogens is 1. The summed E-state index contributed by atoms with van der Waals surface area (Å²) in [7, 11) is 4.25. The monoisotopic (exact) mass is 562 g/mol. The first-order valence-electron chi connectivity index (χ1n) is 14.3. The first kappa shape index (κ1) is 27.0. The molecule has 0 radical (unpaired) electrons. The minimum atomic E-state index is -0.00933. The number of rotatable bonds is 5. The van der Waals surface area contributed by atoms with E-state index in [2.05, 4.69) is 72.4 Å². The number of aromatic amines is 1. The molecule has 2 aromatic heterocycles. The lowest BCUT2D eigenvalue weighted by Gasteiger charge is -2.45. The molecular weight excluding hydrogens is 524 g/mol. The fraction of sp³-hybridized carbons (Fsp3) is 0.533. The van der Waals surface area contributed by atoms with Crippen LogP contribution < -0.4 is 9.80 Å². The number of anilines is 2. The second-order valence-corrected chi connectivity index (χ2v) is 12.4. The number of piperazine rings is 1. The van der Waals surface area contributed by atoms with Crippen molar-refractivity contribution >= 4 is 40.2 Å². The van der Waals surface area contributed by atoms with Gasteiger partial charge >= 0.3 is 0 Å². The Hall–Kier alpha value is -3.17. The van der Waals surface area contributed by atoms with Crippen LogP contribution >= 0.6 is 11.6 Å². The summed E-state index contributed by atoms with van der Waals surface area (Å²) >= 11 is 7.00. The molecule has 0 saturated carbocycles. The number of aryl methyl sites for hydroxylation is 1. The van der Waals surface area contributed by atoms with E-state index in [9.17, 15) is 4.79 Å². The first-order chi connectivity index (χ1) is 19.2. The number of hydrogen-bond acceptors (Lipinski definition) is 7. The molecule has 2 fully saturated rings. The highest BCUT2D eigenvalue weighted by atomic mass is 35.5. The maximum atomic E-state index is 12.4. The van der Waals surface area contributed by atoms with Gasteiger partial charge in [0.15, 0.2) is 0 Å². The molecule has 0 spiro atoms. The summed E-state index contributed by atoms with van der Waals surface area (Å²) < 4.78 is 0. The molecule has 6 rings (SSSR count). The Morgan fingerprint density at radius 3 is 2.62 bits per heavy atom. The summed E-state index contributed by atoms with van der Waals surface area (Å²) in [5.74, 6) is 2.40. The van der Waals surface area contributed by atoms with Crippen molar-refractivity contribution in [3.05, 3.63) is 52.3 Å². The molecule has 3 aromatic rings. The molecule has 1 N–H and O–H groups in total. The maximum absolute atomic E-state index is 12.4. The second kappa shape index (κ2) is 10.3. The van der Waals surface area contributed by atoms with Crippen molar-refractivity contribution in [2.45, 2.75) is 51.6 Å². The fourth-order valence-electron chi connectivity index (χ4n) is 6.68. The van der Waals surface area contributed by atoms with Gasteiger partial charge in [0, 0.05) is 60.8 Å². The number of carbonyl (C=O) groups is 1. The summed E-state index contributed by atoms with van der Waals surface area (Å²) in [5, 5.41) is 9.40. The van der Waals surface area contributed by atoms with Gasteiger partial charge in [-0.25, -0.2) is 4.98 Å². The average molecular weight is 563 g/mol. The molecule has 0 unspecified atom stereocenters. The van der Waals surface area contributed by atoms with E-state index in [1.807, 2.05) is 11.1 Å². The van der Waals surface area contributed by atoms with Crippen LogP contribution in [0, 0.1) is 12.8 Å². The van der Waals surface area contributed by atoms with Crippen molar-refractivity contribution in [3.8, 4) is 0 Å². The van der Waals surface area contributed by atoms with Crippen molar-refractivity contribution in [1.29, 1.82) is 0 Å². The Bertz CT molecular complexity index is 1460. The molecular formula is C30H39ClN8O. The zero-order chi connectivity index (χ0) is 28.3. The van der Waals surface area contributed by atoms with Crippen molar-refractivity contribution in [1.82, 2.24) is 30.0 Å². The lowest BCUT2D eigenvalue weighted by molar-refractivity contribution is -0.128. The van der Waals surface area contributed by atoms with E-state index in [0.29, 0.717) is 18.5 Å². The van der Waals surface area contributed by atoms with Gasteiger partial charge in [0.05, 0.1) is 17.4 Å². The molecule has 0 bridgehead atoms. The summed E-state index contributed by atoms with van der Waals surface area (Å²) in [4.78, 5) is 31.7. The van der Waals surface area contributed by atoms with Crippen LogP contribution in [-0.4, -0.2) is 94.8 Å². The standard InChI is InChI=1S/C30H39ClN8O/c1-7-26(40)39-9-8-37(14-19(39)4)29-22-10-17(2)21(27-23-13-32-35-25(23)11-18(3)28(27)31)12-24(22)33-30(34-29)38-15-20(16-38)36(5)6/h7,11,13,17,19-21H,1,8-10,12,14-16H2,2-6H3,(H,32,35)/t17-,19-,21-/m1/s1. The van der Waals surface area contributed by atoms with Gasteiger partial charge in [-0.1, -0.05) is 25.1 Å². The zero-order valence-electron chi connectivity index (χ0n) is 24.1. The predicted octanol–water partition coefficient (Wildman–Crippen LogP) is 3.81. The van der Waals surface area contributed by atoms with Crippen LogP contribution in [0.15, 0.2) is 24.9 Å². The van der Waals surface area contributed by atoms with Crippen LogP contribution in [-0.2, 0) is 17.6 Å². The van der Waals surface area contributed by atoms with E-state index in [1.165, 1.54) is 17.2 Å². The largest absolute Gasteiger partial charge is 0.352 e. The Morgan fingerprint density at radius 1 is 1.15 bits per heavy atom. The molecule has 212 valence electrons. The molecule has 3 aliphatic rings. The molecule has 10 heteroatoms. The van der Waals surface area contributed by atoms with Crippen LogP contribution in [0.3, 0.4) is 0 Å². The van der Waals surface area contributed by atoms with Gasteiger partial charge in [0.1, 0.15) is 5.82 Å². The number of likely N-dealkylation sites (N-methyl/N-ethyl adjacent to an activating group) is 1. The van der Waals surface area contributed by atoms with Gasteiger partial charge in [0.2, 0.25) is 11.9 Å². The topological polar surface area (TPSA) is 84.5 Å². The zero-order valence-corrected chi connectivity index (χ0v) is 24.9. The lowest BCUT2D eigenvalue weighted by atomic mass is 9.74. The highest BCUT2D eigenvalue weighted by Crippen LogP contribution is 2.45. The molecule has 3 atom stereocenters. The number of fused-ring (bicyclic) bond motifs is 2. The van der Waals surface area contributed by atoms with E-state index >= 15 is 0 Å². The Balaban J connectivity index is 1.39. The minimum Gasteiger partial charge on any atom is -0.352 e. The number of amides is 1. The minimum absolute atomic E-state index is 0.00933. The Labute approximate surface area is 241 Å². The van der Waals surface area contributed by atoms with Crippen LogP contribution in [0.4, 0.5) is 11.8 Å². The number of nitrogens with zero attached hydrogens (tertiary/aromatic N) is 7. The molecule has 9 nitrogen and oxygen atoms in total. The van der Waals surface area contributed by atoms with Gasteiger partial charge in [-0.05, 0) is 75.9 Å². The number of nitrogens with one attached hydrogen (secondary N) is 1. The van der Waals surface area contributed by atoms with Gasteiger partial charge in [-0.15, -0.1) is 0 Å². The molecule has 40 heavy (non-hydrogen) atoms. The lowest BCUT2D eigenvalue weighted by Crippen LogP contribution is -2.58. The van der Waals surface area contributed by atoms with Gasteiger partial charge < -0.3 is 19.6 Å². The summed E-state index contributed by atoms with van der Waals surface area (Å²) in [6, 6.07) is 2.66. The molecule has 2 aliphatic heterocycles. The van der Waals surface area contributed by atoms with Crippen LogP contribution in [0.1, 0.15) is 42.1 Å². The maximum Gasteiger partial charge on any atom is 0.246 e. The Morgan fingerprint density at radius 2 is 1.93 bits per heavy atom. The van der Waals surface area contributed by atoms with Gasteiger partial charge in [-0.3, -0.25) is 9.89 Å². The van der Waals surface area contributed by atoms with E-state index in [1.54, 1.807) is 0 Å². The smallest absolute Gasteiger partial charge is 0.246 e. The van der Waals surface area contributed by atoms with E-state index in [0.717, 1.165) is 78.0 Å². The molecule has 1 aliphatic carbocycles. The van der Waals surface area contributed by atoms with Crippen molar-refractivity contribution in [2.75, 3.05) is 56.6 Å².